The lowest BCUT2D eigenvalue weighted by Crippen LogP contribution is -2.20. The first kappa shape index (κ1) is 16.4. The number of carbonyl (C=O) groups is 1. The molecule has 7 nitrogen and oxygen atoms in total. The smallest absolute Gasteiger partial charge is 0.404 e. The molecule has 0 aliphatic rings. The van der Waals surface area contributed by atoms with Gasteiger partial charge in [-0.05, 0) is 24.6 Å². The van der Waals surface area contributed by atoms with Crippen LogP contribution in [-0.2, 0) is 16.1 Å². The number of nitrogens with zero attached hydrogens (tertiary/aromatic N) is 1. The first-order chi connectivity index (χ1) is 11.0. The molecule has 0 spiro atoms. The SMILES string of the molecule is CC(OCc1ccccc1)OC(=O)Oc1ccc([N+](=O)[O-])cc1. The Bertz CT molecular complexity index is 656. The highest BCUT2D eigenvalue weighted by Crippen LogP contribution is 2.18. The minimum Gasteiger partial charge on any atom is -0.404 e. The summed E-state index contributed by atoms with van der Waals surface area (Å²) in [5.74, 6) is 0.149. The van der Waals surface area contributed by atoms with Gasteiger partial charge in [0.2, 0.25) is 6.29 Å². The third-order valence-electron chi connectivity index (χ3n) is 2.84. The average Bonchev–Trinajstić information content (AvgIpc) is 2.54. The normalized spacial score (nSPS) is 11.5. The van der Waals surface area contributed by atoms with E-state index < -0.39 is 17.4 Å². The highest BCUT2D eigenvalue weighted by atomic mass is 16.8. The molecular formula is C16H15NO6. The van der Waals surface area contributed by atoms with Crippen molar-refractivity contribution in [2.75, 3.05) is 0 Å². The van der Waals surface area contributed by atoms with Crippen LogP contribution in [-0.4, -0.2) is 17.4 Å². The fourth-order valence-corrected chi connectivity index (χ4v) is 1.71. The zero-order chi connectivity index (χ0) is 16.7. The van der Waals surface area contributed by atoms with E-state index in [1.54, 1.807) is 6.92 Å². The lowest BCUT2D eigenvalue weighted by atomic mass is 10.2. The Kier molecular flexibility index (Phi) is 5.65. The lowest BCUT2D eigenvalue weighted by molar-refractivity contribution is -0.384. The van der Waals surface area contributed by atoms with E-state index in [-0.39, 0.29) is 11.4 Å². The van der Waals surface area contributed by atoms with E-state index in [1.165, 1.54) is 24.3 Å². The van der Waals surface area contributed by atoms with Gasteiger partial charge in [0, 0.05) is 12.1 Å². The van der Waals surface area contributed by atoms with Crippen LogP contribution in [0.15, 0.2) is 54.6 Å². The van der Waals surface area contributed by atoms with Gasteiger partial charge in [-0.2, -0.15) is 0 Å². The minimum absolute atomic E-state index is 0.0923. The molecule has 7 heteroatoms. The maximum Gasteiger partial charge on any atom is 0.516 e. The summed E-state index contributed by atoms with van der Waals surface area (Å²) >= 11 is 0. The second-order valence-corrected chi connectivity index (χ2v) is 4.59. The van der Waals surface area contributed by atoms with Crippen molar-refractivity contribution in [3.63, 3.8) is 0 Å². The number of hydrogen-bond acceptors (Lipinski definition) is 6. The van der Waals surface area contributed by atoms with Gasteiger partial charge in [0.25, 0.3) is 5.69 Å². The fraction of sp³-hybridized carbons (Fsp3) is 0.188. The molecule has 1 atom stereocenters. The highest BCUT2D eigenvalue weighted by Gasteiger charge is 2.13. The summed E-state index contributed by atoms with van der Waals surface area (Å²) in [4.78, 5) is 21.6. The fourth-order valence-electron chi connectivity index (χ4n) is 1.71. The zero-order valence-electron chi connectivity index (χ0n) is 12.4. The number of carbonyl (C=O) groups excluding carboxylic acids is 1. The van der Waals surface area contributed by atoms with Crippen LogP contribution in [0.5, 0.6) is 5.75 Å². The van der Waals surface area contributed by atoms with Gasteiger partial charge in [0.1, 0.15) is 5.75 Å². The minimum atomic E-state index is -0.945. The van der Waals surface area contributed by atoms with Crippen LogP contribution in [0.2, 0.25) is 0 Å². The summed E-state index contributed by atoms with van der Waals surface area (Å²) in [5.41, 5.74) is 0.858. The first-order valence-electron chi connectivity index (χ1n) is 6.83. The Morgan fingerprint density at radius 2 is 1.78 bits per heavy atom. The molecular weight excluding hydrogens is 302 g/mol. The predicted octanol–water partition coefficient (Wildman–Crippen LogP) is 3.67. The van der Waals surface area contributed by atoms with Gasteiger partial charge >= 0.3 is 6.16 Å². The van der Waals surface area contributed by atoms with E-state index in [1.807, 2.05) is 30.3 Å². The summed E-state index contributed by atoms with van der Waals surface area (Å²) in [7, 11) is 0. The molecule has 0 saturated heterocycles. The zero-order valence-corrected chi connectivity index (χ0v) is 12.4. The van der Waals surface area contributed by atoms with Gasteiger partial charge in [-0.1, -0.05) is 30.3 Å². The summed E-state index contributed by atoms with van der Waals surface area (Å²) < 4.78 is 15.2. The second-order valence-electron chi connectivity index (χ2n) is 4.59. The Morgan fingerprint density at radius 1 is 1.13 bits per heavy atom. The molecule has 0 N–H and O–H groups in total. The second kappa shape index (κ2) is 7.90. The standard InChI is InChI=1S/C16H15NO6/c1-12(21-11-13-5-3-2-4-6-13)22-16(18)23-15-9-7-14(8-10-15)17(19)20/h2-10,12H,11H2,1H3. The molecule has 0 fully saturated rings. The number of hydrogen-bond donors (Lipinski definition) is 0. The number of nitro groups is 1. The Labute approximate surface area is 132 Å². The molecule has 2 rings (SSSR count). The van der Waals surface area contributed by atoms with Crippen LogP contribution < -0.4 is 4.74 Å². The molecule has 0 amide bonds. The van der Waals surface area contributed by atoms with Crippen LogP contribution in [0.25, 0.3) is 0 Å². The molecule has 1 unspecified atom stereocenters. The van der Waals surface area contributed by atoms with Crippen molar-refractivity contribution in [1.82, 2.24) is 0 Å². The van der Waals surface area contributed by atoms with Gasteiger partial charge in [-0.25, -0.2) is 4.79 Å². The molecule has 0 aromatic heterocycles. The van der Waals surface area contributed by atoms with Crippen LogP contribution in [0.3, 0.4) is 0 Å². The Hall–Kier alpha value is -2.93. The third-order valence-corrected chi connectivity index (χ3v) is 2.84. The first-order valence-corrected chi connectivity index (χ1v) is 6.83. The highest BCUT2D eigenvalue weighted by molar-refractivity contribution is 5.64. The van der Waals surface area contributed by atoms with E-state index in [9.17, 15) is 14.9 Å². The Morgan fingerprint density at radius 3 is 2.39 bits per heavy atom. The van der Waals surface area contributed by atoms with Gasteiger partial charge in [-0.3, -0.25) is 10.1 Å². The monoisotopic (exact) mass is 317 g/mol. The number of benzene rings is 2. The van der Waals surface area contributed by atoms with Crippen molar-refractivity contribution < 1.29 is 23.9 Å². The van der Waals surface area contributed by atoms with E-state index >= 15 is 0 Å². The molecule has 0 bridgehead atoms. The van der Waals surface area contributed by atoms with E-state index in [2.05, 4.69) is 0 Å². The number of ether oxygens (including phenoxy) is 3. The van der Waals surface area contributed by atoms with Gasteiger partial charge in [-0.15, -0.1) is 0 Å². The van der Waals surface area contributed by atoms with Crippen molar-refractivity contribution in [1.29, 1.82) is 0 Å². The van der Waals surface area contributed by atoms with Gasteiger partial charge < -0.3 is 14.2 Å². The van der Waals surface area contributed by atoms with Crippen molar-refractivity contribution >= 4 is 11.8 Å². The summed E-state index contributed by atoms with van der Waals surface area (Å²) in [5, 5.41) is 10.5. The average molecular weight is 317 g/mol. The van der Waals surface area contributed by atoms with Crippen molar-refractivity contribution in [3.8, 4) is 5.75 Å². The molecule has 0 aliphatic heterocycles. The number of non-ortho nitro benzene ring substituents is 1. The van der Waals surface area contributed by atoms with E-state index in [0.29, 0.717) is 6.61 Å². The maximum atomic E-state index is 11.6. The van der Waals surface area contributed by atoms with Crippen molar-refractivity contribution in [3.05, 3.63) is 70.3 Å². The van der Waals surface area contributed by atoms with E-state index in [4.69, 9.17) is 14.2 Å². The lowest BCUT2D eigenvalue weighted by Gasteiger charge is -2.13. The quantitative estimate of drug-likeness (QED) is 0.265. The molecule has 0 saturated carbocycles. The molecule has 0 heterocycles. The molecule has 2 aromatic rings. The molecule has 0 aliphatic carbocycles. The van der Waals surface area contributed by atoms with Gasteiger partial charge in [0.15, 0.2) is 0 Å². The summed E-state index contributed by atoms with van der Waals surface area (Å²) in [6, 6.07) is 14.5. The topological polar surface area (TPSA) is 87.9 Å². The van der Waals surface area contributed by atoms with Crippen LogP contribution in [0.4, 0.5) is 10.5 Å². The van der Waals surface area contributed by atoms with E-state index in [0.717, 1.165) is 5.56 Å². The van der Waals surface area contributed by atoms with Crippen molar-refractivity contribution in [2.24, 2.45) is 0 Å². The van der Waals surface area contributed by atoms with Gasteiger partial charge in [0.05, 0.1) is 11.5 Å². The largest absolute Gasteiger partial charge is 0.516 e. The molecule has 120 valence electrons. The Balaban J connectivity index is 1.78. The van der Waals surface area contributed by atoms with Crippen LogP contribution >= 0.6 is 0 Å². The summed E-state index contributed by atoms with van der Waals surface area (Å²) in [6.45, 7) is 1.87. The summed E-state index contributed by atoms with van der Waals surface area (Å²) in [6.07, 6.45) is -1.74. The molecule has 0 radical (unpaired) electrons. The predicted molar refractivity (Wildman–Crippen MR) is 80.9 cm³/mol. The third kappa shape index (κ3) is 5.40. The molecule has 2 aromatic carbocycles. The number of nitro benzene ring substituents is 1. The van der Waals surface area contributed by atoms with Crippen LogP contribution in [0.1, 0.15) is 12.5 Å². The van der Waals surface area contributed by atoms with Crippen molar-refractivity contribution in [2.45, 2.75) is 19.8 Å². The number of rotatable bonds is 6. The molecule has 23 heavy (non-hydrogen) atoms. The van der Waals surface area contributed by atoms with Crippen LogP contribution in [0, 0.1) is 10.1 Å². The maximum absolute atomic E-state index is 11.6.